The van der Waals surface area contributed by atoms with Gasteiger partial charge in [0.05, 0.1) is 5.02 Å². The summed E-state index contributed by atoms with van der Waals surface area (Å²) < 4.78 is 5.68. The number of nitrogens with two attached hydrogens (primary N) is 1. The van der Waals surface area contributed by atoms with Gasteiger partial charge in [-0.1, -0.05) is 61.8 Å². The van der Waals surface area contributed by atoms with Gasteiger partial charge in [-0.3, -0.25) is 4.79 Å². The molecule has 1 atom stereocenters. The summed E-state index contributed by atoms with van der Waals surface area (Å²) >= 11 is 6.35. The molecule has 0 spiro atoms. The van der Waals surface area contributed by atoms with Crippen LogP contribution in [-0.2, 0) is 4.79 Å². The maximum Gasteiger partial charge on any atom is 0.260 e. The van der Waals surface area contributed by atoms with E-state index in [-0.39, 0.29) is 24.0 Å². The molecule has 4 nitrogen and oxygen atoms in total. The van der Waals surface area contributed by atoms with Crippen molar-refractivity contribution in [2.75, 3.05) is 19.7 Å². The van der Waals surface area contributed by atoms with Crippen LogP contribution in [-0.4, -0.2) is 36.5 Å². The maximum absolute atomic E-state index is 12.5. The van der Waals surface area contributed by atoms with Gasteiger partial charge in [0, 0.05) is 19.1 Å². The van der Waals surface area contributed by atoms with Crippen molar-refractivity contribution in [3.05, 3.63) is 53.6 Å². The van der Waals surface area contributed by atoms with Crippen molar-refractivity contribution in [1.29, 1.82) is 0 Å². The van der Waals surface area contributed by atoms with Crippen molar-refractivity contribution in [2.45, 2.75) is 26.3 Å². The number of piperidine rings is 1. The second kappa shape index (κ2) is 7.68. The van der Waals surface area contributed by atoms with Crippen LogP contribution in [0.4, 0.5) is 0 Å². The number of hydrogen-bond acceptors (Lipinski definition) is 3. The molecule has 0 bridgehead atoms. The second-order valence-electron chi connectivity index (χ2n) is 7.50. The molecule has 5 heteroatoms. The lowest BCUT2D eigenvalue weighted by Gasteiger charge is -2.42. The van der Waals surface area contributed by atoms with Gasteiger partial charge < -0.3 is 15.4 Å². The Kier molecular flexibility index (Phi) is 5.54. The number of likely N-dealkylation sites (tertiary alicyclic amines) is 1. The lowest BCUT2D eigenvalue weighted by atomic mass is 9.80. The van der Waals surface area contributed by atoms with Crippen LogP contribution in [0.1, 0.15) is 20.3 Å². The van der Waals surface area contributed by atoms with Crippen LogP contribution in [0.2, 0.25) is 5.02 Å². The zero-order valence-electron chi connectivity index (χ0n) is 15.2. The molecular formula is C21H25ClN2O2. The monoisotopic (exact) mass is 372 g/mol. The lowest BCUT2D eigenvalue weighted by Crippen LogP contribution is -2.54. The van der Waals surface area contributed by atoms with Gasteiger partial charge in [0.2, 0.25) is 0 Å². The molecule has 2 N–H and O–H groups in total. The van der Waals surface area contributed by atoms with Crippen molar-refractivity contribution in [3.63, 3.8) is 0 Å². The Hall–Kier alpha value is -2.04. The fraction of sp³-hybridized carbons (Fsp3) is 0.381. The summed E-state index contributed by atoms with van der Waals surface area (Å²) in [6.45, 7) is 5.49. The topological polar surface area (TPSA) is 55.6 Å². The summed E-state index contributed by atoms with van der Waals surface area (Å²) in [6.07, 6.45) is 0.811. The summed E-state index contributed by atoms with van der Waals surface area (Å²) in [5, 5.41) is 0.500. The Labute approximate surface area is 159 Å². The van der Waals surface area contributed by atoms with Gasteiger partial charge in [0.15, 0.2) is 6.61 Å². The molecule has 138 valence electrons. The maximum atomic E-state index is 12.5. The first-order chi connectivity index (χ1) is 12.4. The van der Waals surface area contributed by atoms with Crippen LogP contribution in [0.25, 0.3) is 11.1 Å². The molecule has 26 heavy (non-hydrogen) atoms. The highest BCUT2D eigenvalue weighted by molar-refractivity contribution is 6.32. The highest BCUT2D eigenvalue weighted by Gasteiger charge is 2.35. The Morgan fingerprint density at radius 1 is 1.23 bits per heavy atom. The molecule has 0 saturated carbocycles. The van der Waals surface area contributed by atoms with E-state index in [1.54, 1.807) is 0 Å². The number of halogens is 1. The van der Waals surface area contributed by atoms with E-state index in [0.717, 1.165) is 17.5 Å². The van der Waals surface area contributed by atoms with Crippen LogP contribution < -0.4 is 10.5 Å². The molecule has 1 heterocycles. The molecule has 1 amide bonds. The Morgan fingerprint density at radius 3 is 2.62 bits per heavy atom. The van der Waals surface area contributed by atoms with Crippen LogP contribution in [0.15, 0.2) is 48.5 Å². The summed E-state index contributed by atoms with van der Waals surface area (Å²) in [7, 11) is 0. The summed E-state index contributed by atoms with van der Waals surface area (Å²) in [5.74, 6) is 0.487. The molecule has 2 aromatic carbocycles. The van der Waals surface area contributed by atoms with E-state index in [1.165, 1.54) is 0 Å². The third-order valence-corrected chi connectivity index (χ3v) is 5.35. The Balaban J connectivity index is 1.62. The van der Waals surface area contributed by atoms with E-state index in [1.807, 2.05) is 53.4 Å². The van der Waals surface area contributed by atoms with Crippen molar-refractivity contribution < 1.29 is 9.53 Å². The normalized spacial score (nSPS) is 19.2. The molecular weight excluding hydrogens is 348 g/mol. The van der Waals surface area contributed by atoms with Crippen molar-refractivity contribution in [1.82, 2.24) is 4.90 Å². The number of hydrogen-bond donors (Lipinski definition) is 1. The van der Waals surface area contributed by atoms with Gasteiger partial charge in [-0.25, -0.2) is 0 Å². The fourth-order valence-electron chi connectivity index (χ4n) is 3.25. The number of nitrogens with zero attached hydrogens (tertiary/aromatic N) is 1. The highest BCUT2D eigenvalue weighted by atomic mass is 35.5. The molecule has 0 aliphatic carbocycles. The molecule has 1 saturated heterocycles. The van der Waals surface area contributed by atoms with Crippen LogP contribution >= 0.6 is 11.6 Å². The Bertz CT molecular complexity index is 777. The summed E-state index contributed by atoms with van der Waals surface area (Å²) in [6, 6.07) is 15.7. The molecule has 1 aliphatic rings. The first-order valence-corrected chi connectivity index (χ1v) is 9.26. The summed E-state index contributed by atoms with van der Waals surface area (Å²) in [4.78, 5) is 14.3. The van der Waals surface area contributed by atoms with Gasteiger partial charge in [-0.15, -0.1) is 0 Å². The molecule has 2 aromatic rings. The lowest BCUT2D eigenvalue weighted by molar-refractivity contribution is -0.136. The molecule has 0 aromatic heterocycles. The van der Waals surface area contributed by atoms with E-state index < -0.39 is 0 Å². The summed E-state index contributed by atoms with van der Waals surface area (Å²) in [5.41, 5.74) is 8.16. The predicted octanol–water partition coefficient (Wildman–Crippen LogP) is 3.97. The minimum atomic E-state index is -0.0805. The largest absolute Gasteiger partial charge is 0.482 e. The fourth-order valence-corrected chi connectivity index (χ4v) is 3.48. The number of amides is 1. The minimum Gasteiger partial charge on any atom is -0.482 e. The predicted molar refractivity (Wildman–Crippen MR) is 105 cm³/mol. The van der Waals surface area contributed by atoms with E-state index >= 15 is 0 Å². The van der Waals surface area contributed by atoms with Crippen LogP contribution in [0.5, 0.6) is 5.75 Å². The molecule has 0 radical (unpaired) electrons. The van der Waals surface area contributed by atoms with Gasteiger partial charge in [0.25, 0.3) is 5.91 Å². The van der Waals surface area contributed by atoms with E-state index in [2.05, 4.69) is 13.8 Å². The van der Waals surface area contributed by atoms with Crippen LogP contribution in [0.3, 0.4) is 0 Å². The van der Waals surface area contributed by atoms with Gasteiger partial charge in [0.1, 0.15) is 5.75 Å². The van der Waals surface area contributed by atoms with Crippen molar-refractivity contribution >= 4 is 17.5 Å². The Morgan fingerprint density at radius 2 is 1.96 bits per heavy atom. The highest BCUT2D eigenvalue weighted by Crippen LogP contribution is 2.31. The average Bonchev–Trinajstić information content (AvgIpc) is 2.63. The molecule has 3 rings (SSSR count). The number of benzene rings is 2. The molecule has 1 aliphatic heterocycles. The minimum absolute atomic E-state index is 0.0181. The van der Waals surface area contributed by atoms with Gasteiger partial charge in [-0.2, -0.15) is 0 Å². The van der Waals surface area contributed by atoms with Crippen molar-refractivity contribution in [3.8, 4) is 16.9 Å². The zero-order valence-corrected chi connectivity index (χ0v) is 16.0. The first kappa shape index (κ1) is 18.7. The van der Waals surface area contributed by atoms with E-state index in [0.29, 0.717) is 23.9 Å². The first-order valence-electron chi connectivity index (χ1n) is 8.88. The molecule has 1 fully saturated rings. The smallest absolute Gasteiger partial charge is 0.260 e. The number of rotatable bonds is 4. The number of ether oxygens (including phenoxy) is 1. The number of carbonyl (C=O) groups excluding carboxylic acids is 1. The van der Waals surface area contributed by atoms with Gasteiger partial charge >= 0.3 is 0 Å². The van der Waals surface area contributed by atoms with Crippen molar-refractivity contribution in [2.24, 2.45) is 11.1 Å². The third-order valence-electron chi connectivity index (χ3n) is 5.06. The average molecular weight is 373 g/mol. The number of carbonyl (C=O) groups is 1. The zero-order chi connectivity index (χ0) is 18.7. The molecule has 1 unspecified atom stereocenters. The SMILES string of the molecule is CC1(C)CN(C(=O)COc2ccc(-c3ccccc3)cc2Cl)CCC1N. The van der Waals surface area contributed by atoms with Crippen LogP contribution in [0, 0.1) is 5.41 Å². The standard InChI is InChI=1S/C21H25ClN2O2/c1-21(2)14-24(11-10-19(21)23)20(25)13-26-18-9-8-16(12-17(18)22)15-6-4-3-5-7-15/h3-9,12,19H,10-11,13-14,23H2,1-2H3. The van der Waals surface area contributed by atoms with E-state index in [4.69, 9.17) is 22.1 Å². The van der Waals surface area contributed by atoms with Gasteiger partial charge in [-0.05, 0) is 35.1 Å². The second-order valence-corrected chi connectivity index (χ2v) is 7.91. The van der Waals surface area contributed by atoms with E-state index in [9.17, 15) is 4.79 Å². The third kappa shape index (κ3) is 4.19. The quantitative estimate of drug-likeness (QED) is 0.883.